The van der Waals surface area contributed by atoms with E-state index in [-0.39, 0.29) is 12.4 Å². The minimum atomic E-state index is -0.942. The van der Waals surface area contributed by atoms with Crippen LogP contribution in [0, 0.1) is 5.92 Å². The van der Waals surface area contributed by atoms with Crippen LogP contribution in [-0.4, -0.2) is 58.2 Å². The highest BCUT2D eigenvalue weighted by molar-refractivity contribution is 5.25. The van der Waals surface area contributed by atoms with Gasteiger partial charge in [-0.3, -0.25) is 0 Å². The Kier molecular flexibility index (Phi) is 5.55. The summed E-state index contributed by atoms with van der Waals surface area (Å²) in [5, 5.41) is 38.2. The summed E-state index contributed by atoms with van der Waals surface area (Å²) in [4.78, 5) is 0. The van der Waals surface area contributed by atoms with Crippen molar-refractivity contribution in [3.63, 3.8) is 0 Å². The summed E-state index contributed by atoms with van der Waals surface area (Å²) < 4.78 is 10.9. The Balaban J connectivity index is 1.85. The van der Waals surface area contributed by atoms with Gasteiger partial charge in [-0.05, 0) is 24.1 Å². The van der Waals surface area contributed by atoms with Gasteiger partial charge in [0, 0.05) is 5.92 Å². The predicted octanol–water partition coefficient (Wildman–Crippen LogP) is 0.0264. The van der Waals surface area contributed by atoms with Gasteiger partial charge in [-0.15, -0.1) is 0 Å². The maximum atomic E-state index is 10.0. The van der Waals surface area contributed by atoms with Crippen LogP contribution in [0.25, 0.3) is 0 Å². The molecule has 5 atom stereocenters. The van der Waals surface area contributed by atoms with Gasteiger partial charge in [-0.2, -0.15) is 0 Å². The molecule has 0 radical (unpaired) electrons. The van der Waals surface area contributed by atoms with E-state index in [4.69, 9.17) is 14.6 Å². The van der Waals surface area contributed by atoms with E-state index in [1.54, 1.807) is 31.2 Å². The van der Waals surface area contributed by atoms with Crippen LogP contribution >= 0.6 is 0 Å². The SMILES string of the molecule is C[C@@H]1[C@@H](O)[C@H](OCCc2ccc(O)cc2)O[C@H](CO)[C@H]1O. The van der Waals surface area contributed by atoms with E-state index in [1.807, 2.05) is 0 Å². The molecule has 6 nitrogen and oxygen atoms in total. The highest BCUT2D eigenvalue weighted by atomic mass is 16.7. The maximum absolute atomic E-state index is 10.0. The number of hydrogen-bond acceptors (Lipinski definition) is 6. The minimum Gasteiger partial charge on any atom is -0.508 e. The molecule has 1 aliphatic heterocycles. The molecule has 0 amide bonds. The van der Waals surface area contributed by atoms with Gasteiger partial charge in [0.1, 0.15) is 18.0 Å². The van der Waals surface area contributed by atoms with Gasteiger partial charge in [0.25, 0.3) is 0 Å². The van der Waals surface area contributed by atoms with Crippen molar-refractivity contribution in [2.45, 2.75) is 37.9 Å². The lowest BCUT2D eigenvalue weighted by Crippen LogP contribution is -2.55. The molecule has 0 unspecified atom stereocenters. The van der Waals surface area contributed by atoms with Crippen molar-refractivity contribution in [3.05, 3.63) is 29.8 Å². The Morgan fingerprint density at radius 1 is 1.14 bits per heavy atom. The number of aliphatic hydroxyl groups is 3. The molecular formula is C15H22O6. The number of aliphatic hydroxyl groups excluding tert-OH is 3. The summed E-state index contributed by atoms with van der Waals surface area (Å²) in [5.74, 6) is -0.228. The molecule has 4 N–H and O–H groups in total. The molecule has 1 aromatic carbocycles. The van der Waals surface area contributed by atoms with Crippen molar-refractivity contribution < 1.29 is 29.9 Å². The van der Waals surface area contributed by atoms with Crippen LogP contribution in [0.1, 0.15) is 12.5 Å². The van der Waals surface area contributed by atoms with Gasteiger partial charge in [0.2, 0.25) is 0 Å². The molecule has 1 aromatic rings. The van der Waals surface area contributed by atoms with Gasteiger partial charge in [-0.1, -0.05) is 19.1 Å². The van der Waals surface area contributed by atoms with E-state index in [0.717, 1.165) is 5.56 Å². The Morgan fingerprint density at radius 2 is 1.81 bits per heavy atom. The van der Waals surface area contributed by atoms with Crippen molar-refractivity contribution >= 4 is 0 Å². The summed E-state index contributed by atoms with van der Waals surface area (Å²) in [7, 11) is 0. The summed E-state index contributed by atoms with van der Waals surface area (Å²) in [6.45, 7) is 1.69. The van der Waals surface area contributed by atoms with Crippen molar-refractivity contribution in [2.24, 2.45) is 5.92 Å². The highest BCUT2D eigenvalue weighted by Crippen LogP contribution is 2.26. The third kappa shape index (κ3) is 3.93. The van der Waals surface area contributed by atoms with E-state index in [2.05, 4.69) is 0 Å². The first-order valence-electron chi connectivity index (χ1n) is 7.05. The lowest BCUT2D eigenvalue weighted by atomic mass is 9.91. The van der Waals surface area contributed by atoms with Gasteiger partial charge in [-0.25, -0.2) is 0 Å². The standard InChI is InChI=1S/C15H22O6/c1-9-13(18)12(8-16)21-15(14(9)19)20-7-6-10-2-4-11(17)5-3-10/h2-5,9,12-19H,6-8H2,1H3/t9-,12+,13-,14+,15+/m0/s1. The molecule has 1 saturated heterocycles. The average Bonchev–Trinajstić information content (AvgIpc) is 2.49. The normalized spacial score (nSPS) is 33.0. The Hall–Kier alpha value is -1.18. The van der Waals surface area contributed by atoms with Crippen LogP contribution in [-0.2, 0) is 15.9 Å². The second kappa shape index (κ2) is 7.20. The number of phenols is 1. The van der Waals surface area contributed by atoms with Crippen LogP contribution in [0.15, 0.2) is 24.3 Å². The molecule has 0 spiro atoms. The molecule has 1 aliphatic rings. The zero-order chi connectivity index (χ0) is 15.4. The number of hydrogen-bond donors (Lipinski definition) is 4. The zero-order valence-corrected chi connectivity index (χ0v) is 11.9. The van der Waals surface area contributed by atoms with Crippen LogP contribution in [0.2, 0.25) is 0 Å². The lowest BCUT2D eigenvalue weighted by Gasteiger charge is -2.40. The van der Waals surface area contributed by atoms with Crippen molar-refractivity contribution in [1.29, 1.82) is 0 Å². The van der Waals surface area contributed by atoms with Gasteiger partial charge >= 0.3 is 0 Å². The summed E-state index contributed by atoms with van der Waals surface area (Å²) in [6.07, 6.45) is -2.86. The smallest absolute Gasteiger partial charge is 0.184 e. The average molecular weight is 298 g/mol. The first-order chi connectivity index (χ1) is 10.0. The number of rotatable bonds is 5. The first kappa shape index (κ1) is 16.2. The molecule has 1 heterocycles. The summed E-state index contributed by atoms with van der Waals surface area (Å²) in [6, 6.07) is 6.78. The monoisotopic (exact) mass is 298 g/mol. The fraction of sp³-hybridized carbons (Fsp3) is 0.600. The number of ether oxygens (including phenoxy) is 2. The molecule has 0 bridgehead atoms. The Morgan fingerprint density at radius 3 is 2.43 bits per heavy atom. The first-order valence-corrected chi connectivity index (χ1v) is 7.05. The van der Waals surface area contributed by atoms with Crippen molar-refractivity contribution in [3.8, 4) is 5.75 Å². The number of aromatic hydroxyl groups is 1. The maximum Gasteiger partial charge on any atom is 0.184 e. The molecule has 2 rings (SSSR count). The topological polar surface area (TPSA) is 99.4 Å². The van der Waals surface area contributed by atoms with Crippen LogP contribution in [0.4, 0.5) is 0 Å². The largest absolute Gasteiger partial charge is 0.508 e. The highest BCUT2D eigenvalue weighted by Gasteiger charge is 2.42. The molecular weight excluding hydrogens is 276 g/mol. The number of benzene rings is 1. The summed E-state index contributed by atoms with van der Waals surface area (Å²) >= 11 is 0. The molecule has 1 fully saturated rings. The van der Waals surface area contributed by atoms with Gasteiger partial charge in [0.15, 0.2) is 6.29 Å². The molecule has 0 aliphatic carbocycles. The second-order valence-corrected chi connectivity index (χ2v) is 5.35. The molecule has 0 aromatic heterocycles. The van der Waals surface area contributed by atoms with Crippen molar-refractivity contribution in [2.75, 3.05) is 13.2 Å². The quantitative estimate of drug-likeness (QED) is 0.612. The van der Waals surface area contributed by atoms with Crippen LogP contribution in [0.5, 0.6) is 5.75 Å². The lowest BCUT2D eigenvalue weighted by molar-refractivity contribution is -0.287. The molecule has 0 saturated carbocycles. The Labute approximate surface area is 123 Å². The van der Waals surface area contributed by atoms with Gasteiger partial charge < -0.3 is 29.9 Å². The number of phenolic OH excluding ortho intramolecular Hbond substituents is 1. The minimum absolute atomic E-state index is 0.208. The van der Waals surface area contributed by atoms with Crippen LogP contribution in [0.3, 0.4) is 0 Å². The van der Waals surface area contributed by atoms with E-state index in [1.165, 1.54) is 0 Å². The molecule has 21 heavy (non-hydrogen) atoms. The fourth-order valence-electron chi connectivity index (χ4n) is 2.37. The van der Waals surface area contributed by atoms with E-state index < -0.39 is 30.5 Å². The van der Waals surface area contributed by atoms with Gasteiger partial charge in [0.05, 0.1) is 19.3 Å². The third-order valence-electron chi connectivity index (χ3n) is 3.84. The van der Waals surface area contributed by atoms with E-state index in [9.17, 15) is 15.3 Å². The van der Waals surface area contributed by atoms with Crippen LogP contribution < -0.4 is 0 Å². The van der Waals surface area contributed by atoms with E-state index >= 15 is 0 Å². The summed E-state index contributed by atoms with van der Waals surface area (Å²) in [5.41, 5.74) is 0.991. The predicted molar refractivity (Wildman–Crippen MR) is 74.7 cm³/mol. The van der Waals surface area contributed by atoms with E-state index in [0.29, 0.717) is 13.0 Å². The van der Waals surface area contributed by atoms with Crippen molar-refractivity contribution in [1.82, 2.24) is 0 Å². The fourth-order valence-corrected chi connectivity index (χ4v) is 2.37. The molecule has 118 valence electrons. The molecule has 6 heteroatoms. The zero-order valence-electron chi connectivity index (χ0n) is 11.9. The Bertz CT molecular complexity index is 432. The third-order valence-corrected chi connectivity index (χ3v) is 3.84. The second-order valence-electron chi connectivity index (χ2n) is 5.35.